The van der Waals surface area contributed by atoms with Crippen molar-refractivity contribution in [1.82, 2.24) is 5.32 Å². The molecule has 0 atom stereocenters. The Balaban J connectivity index is 2.57. The Morgan fingerprint density at radius 1 is 1.45 bits per heavy atom. The molecular formula is C7H4BrN2O. The molecule has 0 unspecified atom stereocenters. The van der Waals surface area contributed by atoms with Gasteiger partial charge in [0.25, 0.3) is 0 Å². The first kappa shape index (κ1) is 6.67. The van der Waals surface area contributed by atoms with Gasteiger partial charge < -0.3 is 5.32 Å². The van der Waals surface area contributed by atoms with Gasteiger partial charge in [0, 0.05) is 4.47 Å². The van der Waals surface area contributed by atoms with Crippen LogP contribution in [0.2, 0.25) is 0 Å². The predicted molar refractivity (Wildman–Crippen MR) is 45.0 cm³/mol. The summed E-state index contributed by atoms with van der Waals surface area (Å²) in [5, 5.41) is 6.35. The average Bonchev–Trinajstić information content (AvgIpc) is 2.31. The zero-order chi connectivity index (χ0) is 7.84. The molecule has 2 rings (SSSR count). The second-order valence-electron chi connectivity index (χ2n) is 2.18. The van der Waals surface area contributed by atoms with Crippen LogP contribution in [0.1, 0.15) is 0 Å². The van der Waals surface area contributed by atoms with E-state index in [1.807, 2.05) is 12.1 Å². The number of hydrogen-bond acceptors (Lipinski definition) is 1. The third-order valence-corrected chi connectivity index (χ3v) is 2.11. The molecule has 3 nitrogen and oxygen atoms in total. The van der Waals surface area contributed by atoms with Crippen LogP contribution in [0.5, 0.6) is 0 Å². The molecule has 1 radical (unpaired) electrons. The minimum absolute atomic E-state index is 0.299. The van der Waals surface area contributed by atoms with Crippen molar-refractivity contribution in [2.75, 3.05) is 5.32 Å². The molecule has 0 saturated heterocycles. The van der Waals surface area contributed by atoms with Crippen LogP contribution in [0.15, 0.2) is 22.7 Å². The predicted octanol–water partition coefficient (Wildman–Crippen LogP) is 2.23. The van der Waals surface area contributed by atoms with Crippen molar-refractivity contribution < 1.29 is 4.79 Å². The Kier molecular flexibility index (Phi) is 1.35. The lowest BCUT2D eigenvalue weighted by Gasteiger charge is -1.96. The first-order valence-corrected chi connectivity index (χ1v) is 3.88. The molecule has 1 aliphatic rings. The van der Waals surface area contributed by atoms with Gasteiger partial charge in [0.1, 0.15) is 0 Å². The third-order valence-electron chi connectivity index (χ3n) is 1.45. The lowest BCUT2D eigenvalue weighted by molar-refractivity contribution is 0.256. The zero-order valence-corrected chi connectivity index (χ0v) is 7.05. The first-order valence-electron chi connectivity index (χ1n) is 3.08. The fourth-order valence-corrected chi connectivity index (χ4v) is 1.43. The average molecular weight is 212 g/mol. The molecule has 11 heavy (non-hydrogen) atoms. The Bertz CT molecular complexity index is 324. The number of halogens is 1. The third kappa shape index (κ3) is 0.991. The molecule has 55 valence electrons. The Morgan fingerprint density at radius 2 is 2.27 bits per heavy atom. The maximum Gasteiger partial charge on any atom is 0.346 e. The highest BCUT2D eigenvalue weighted by molar-refractivity contribution is 9.10. The second-order valence-corrected chi connectivity index (χ2v) is 3.03. The number of fused-ring (bicyclic) bond motifs is 1. The van der Waals surface area contributed by atoms with Crippen LogP contribution in [0.3, 0.4) is 0 Å². The zero-order valence-electron chi connectivity index (χ0n) is 5.47. The van der Waals surface area contributed by atoms with Gasteiger partial charge >= 0.3 is 6.03 Å². The van der Waals surface area contributed by atoms with Gasteiger partial charge in [-0.3, -0.25) is 0 Å². The van der Waals surface area contributed by atoms with E-state index >= 15 is 0 Å². The van der Waals surface area contributed by atoms with Gasteiger partial charge in [0.2, 0.25) is 0 Å². The maximum atomic E-state index is 10.8. The van der Waals surface area contributed by atoms with Crippen molar-refractivity contribution in [3.8, 4) is 0 Å². The van der Waals surface area contributed by atoms with Crippen LogP contribution in [0.4, 0.5) is 16.2 Å². The van der Waals surface area contributed by atoms with E-state index in [-0.39, 0.29) is 6.03 Å². The number of urea groups is 1. The molecule has 2 amide bonds. The maximum absolute atomic E-state index is 10.8. The van der Waals surface area contributed by atoms with Gasteiger partial charge in [-0.05, 0) is 28.1 Å². The Morgan fingerprint density at radius 3 is 3.00 bits per heavy atom. The molecule has 1 aromatic carbocycles. The normalized spacial score (nSPS) is 13.7. The number of benzene rings is 1. The van der Waals surface area contributed by atoms with Crippen molar-refractivity contribution in [3.05, 3.63) is 22.7 Å². The lowest BCUT2D eigenvalue weighted by atomic mass is 10.3. The topological polar surface area (TPSA) is 43.2 Å². The number of amides is 2. The molecule has 0 bridgehead atoms. The molecule has 1 aromatic rings. The number of rotatable bonds is 0. The molecule has 0 saturated carbocycles. The number of hydrogen-bond donors (Lipinski definition) is 1. The molecule has 0 aliphatic carbocycles. The molecule has 0 aromatic heterocycles. The molecule has 0 fully saturated rings. The Hall–Kier alpha value is -1.03. The fourth-order valence-electron chi connectivity index (χ4n) is 0.974. The van der Waals surface area contributed by atoms with Crippen LogP contribution < -0.4 is 10.6 Å². The van der Waals surface area contributed by atoms with Crippen molar-refractivity contribution in [2.45, 2.75) is 0 Å². The number of para-hydroxylation sites is 1. The standard InChI is InChI=1S/C7H4BrN2O/c8-4-2-1-3-5-6(4)10-7(11)9-5/h1-3H,(H,10,11). The lowest BCUT2D eigenvalue weighted by Crippen LogP contribution is -2.08. The molecule has 1 heterocycles. The smallest absolute Gasteiger partial charge is 0.303 e. The van der Waals surface area contributed by atoms with Crippen LogP contribution in [0.25, 0.3) is 0 Å². The summed E-state index contributed by atoms with van der Waals surface area (Å²) >= 11 is 3.30. The van der Waals surface area contributed by atoms with E-state index in [1.54, 1.807) is 6.07 Å². The highest BCUT2D eigenvalue weighted by Crippen LogP contribution is 2.34. The van der Waals surface area contributed by atoms with Crippen molar-refractivity contribution in [1.29, 1.82) is 0 Å². The first-order chi connectivity index (χ1) is 5.27. The van der Waals surface area contributed by atoms with Crippen LogP contribution in [0, 0.1) is 0 Å². The molecule has 1 aliphatic heterocycles. The molecular weight excluding hydrogens is 208 g/mol. The van der Waals surface area contributed by atoms with Gasteiger partial charge in [0.05, 0.1) is 11.4 Å². The number of carbonyl (C=O) groups excluding carboxylic acids is 1. The van der Waals surface area contributed by atoms with Gasteiger partial charge in [-0.1, -0.05) is 6.07 Å². The molecule has 4 heteroatoms. The summed E-state index contributed by atoms with van der Waals surface area (Å²) in [6.45, 7) is 0. The summed E-state index contributed by atoms with van der Waals surface area (Å²) in [6, 6.07) is 5.19. The highest BCUT2D eigenvalue weighted by atomic mass is 79.9. The fraction of sp³-hybridized carbons (Fsp3) is 0. The van der Waals surface area contributed by atoms with Crippen LogP contribution >= 0.6 is 15.9 Å². The monoisotopic (exact) mass is 211 g/mol. The highest BCUT2D eigenvalue weighted by Gasteiger charge is 2.19. The SMILES string of the molecule is O=C1[N]c2cccc(Br)c2N1. The van der Waals surface area contributed by atoms with Gasteiger partial charge in [-0.15, -0.1) is 0 Å². The van der Waals surface area contributed by atoms with E-state index < -0.39 is 0 Å². The number of nitrogens with zero attached hydrogens (tertiary/aromatic N) is 1. The summed E-state index contributed by atoms with van der Waals surface area (Å²) in [7, 11) is 0. The van der Waals surface area contributed by atoms with Crippen LogP contribution in [-0.2, 0) is 0 Å². The van der Waals surface area contributed by atoms with E-state index in [4.69, 9.17) is 0 Å². The van der Waals surface area contributed by atoms with Crippen molar-refractivity contribution >= 4 is 33.3 Å². The van der Waals surface area contributed by atoms with E-state index in [2.05, 4.69) is 26.6 Å². The largest absolute Gasteiger partial charge is 0.346 e. The number of carbonyl (C=O) groups is 1. The number of anilines is 1. The second kappa shape index (κ2) is 2.23. The quantitative estimate of drug-likeness (QED) is 0.703. The van der Waals surface area contributed by atoms with E-state index in [0.29, 0.717) is 5.69 Å². The molecule has 1 N–H and O–H groups in total. The minimum atomic E-state index is -0.299. The summed E-state index contributed by atoms with van der Waals surface area (Å²) in [5.41, 5.74) is 1.46. The molecule has 0 spiro atoms. The summed E-state index contributed by atoms with van der Waals surface area (Å²) in [6.07, 6.45) is 0. The van der Waals surface area contributed by atoms with Crippen molar-refractivity contribution in [3.63, 3.8) is 0 Å². The van der Waals surface area contributed by atoms with Gasteiger partial charge in [0.15, 0.2) is 0 Å². The Labute approximate surface area is 71.9 Å². The summed E-state index contributed by atoms with van der Waals surface area (Å²) < 4.78 is 0.865. The van der Waals surface area contributed by atoms with Gasteiger partial charge in [-0.2, -0.15) is 5.32 Å². The van der Waals surface area contributed by atoms with Crippen LogP contribution in [-0.4, -0.2) is 6.03 Å². The van der Waals surface area contributed by atoms with E-state index in [1.165, 1.54) is 0 Å². The van der Waals surface area contributed by atoms with E-state index in [9.17, 15) is 4.79 Å². The summed E-state index contributed by atoms with van der Waals surface area (Å²) in [5.74, 6) is 0. The van der Waals surface area contributed by atoms with E-state index in [0.717, 1.165) is 10.2 Å². The summed E-state index contributed by atoms with van der Waals surface area (Å²) in [4.78, 5) is 10.8. The minimum Gasteiger partial charge on any atom is -0.303 e. The van der Waals surface area contributed by atoms with Crippen molar-refractivity contribution in [2.24, 2.45) is 0 Å². The number of nitrogens with one attached hydrogen (secondary N) is 1. The van der Waals surface area contributed by atoms with Gasteiger partial charge in [-0.25, -0.2) is 4.79 Å².